The average Bonchev–Trinajstić information content (AvgIpc) is 3.34. The number of hydrogen-bond donors (Lipinski definition) is 4. The molecule has 0 amide bonds. The third-order valence-electron chi connectivity index (χ3n) is 10.5. The molecule has 0 saturated heterocycles. The highest BCUT2D eigenvalue weighted by Gasteiger charge is 2.37. The van der Waals surface area contributed by atoms with Gasteiger partial charge < -0.3 is 16.2 Å². The first-order chi connectivity index (χ1) is 22.6. The van der Waals surface area contributed by atoms with E-state index in [1.54, 1.807) is 6.08 Å². The molecule has 0 bridgehead atoms. The van der Waals surface area contributed by atoms with Crippen LogP contribution in [-0.4, -0.2) is 17.0 Å². The number of amidine groups is 1. The fourth-order valence-corrected chi connectivity index (χ4v) is 7.93. The Labute approximate surface area is 278 Å². The molecule has 3 aromatic rings. The van der Waals surface area contributed by atoms with Gasteiger partial charge in [-0.25, -0.2) is 0 Å². The highest BCUT2D eigenvalue weighted by Crippen LogP contribution is 2.49. The first-order valence-corrected chi connectivity index (χ1v) is 16.7. The van der Waals surface area contributed by atoms with Crippen LogP contribution in [0.1, 0.15) is 70.1 Å². The van der Waals surface area contributed by atoms with Crippen molar-refractivity contribution in [1.82, 2.24) is 0 Å². The van der Waals surface area contributed by atoms with Gasteiger partial charge in [-0.2, -0.15) is 0 Å². The van der Waals surface area contributed by atoms with Gasteiger partial charge in [-0.05, 0) is 65.8 Å². The van der Waals surface area contributed by atoms with Gasteiger partial charge in [0.1, 0.15) is 11.6 Å². The number of anilines is 3. The quantitative estimate of drug-likeness (QED) is 0.173. The van der Waals surface area contributed by atoms with Crippen molar-refractivity contribution < 1.29 is 5.11 Å². The number of nitrogens with one attached hydrogen (secondary N) is 2. The van der Waals surface area contributed by atoms with E-state index in [1.807, 2.05) is 29.2 Å². The Morgan fingerprint density at radius 1 is 0.894 bits per heavy atom. The lowest BCUT2D eigenvalue weighted by atomic mass is 9.71. The smallest absolute Gasteiger partial charge is 0.129 e. The van der Waals surface area contributed by atoms with E-state index in [9.17, 15) is 10.5 Å². The van der Waals surface area contributed by atoms with Crippen molar-refractivity contribution in [3.05, 3.63) is 160 Å². The number of rotatable bonds is 4. The molecule has 4 aliphatic rings. The Morgan fingerprint density at radius 2 is 1.53 bits per heavy atom. The third kappa shape index (κ3) is 5.24. The second-order valence-electron chi connectivity index (χ2n) is 14.1. The lowest BCUT2D eigenvalue weighted by molar-refractivity contribution is 0.424. The summed E-state index contributed by atoms with van der Waals surface area (Å²) in [5.41, 5.74) is 17.9. The summed E-state index contributed by atoms with van der Waals surface area (Å²) in [5.74, 6) is 0.505. The van der Waals surface area contributed by atoms with Crippen LogP contribution in [0.2, 0.25) is 0 Å². The zero-order valence-corrected chi connectivity index (χ0v) is 27.8. The largest absolute Gasteiger partial charge is 0.507 e. The average molecular weight is 621 g/mol. The fraction of sp³-hybridized carbons (Fsp3) is 0.262. The summed E-state index contributed by atoms with van der Waals surface area (Å²) in [4.78, 5) is 2.00. The van der Waals surface area contributed by atoms with Crippen molar-refractivity contribution in [3.8, 4) is 0 Å². The van der Waals surface area contributed by atoms with Crippen LogP contribution < -0.4 is 16.0 Å². The van der Waals surface area contributed by atoms with Gasteiger partial charge in [0.2, 0.25) is 0 Å². The first-order valence-electron chi connectivity index (χ1n) is 16.7. The summed E-state index contributed by atoms with van der Waals surface area (Å²) in [6.45, 7) is 9.11. The zero-order valence-electron chi connectivity index (χ0n) is 27.8. The number of para-hydroxylation sites is 3. The molecule has 47 heavy (non-hydrogen) atoms. The number of nitrogens with two attached hydrogens (primary N) is 1. The predicted molar refractivity (Wildman–Crippen MR) is 196 cm³/mol. The van der Waals surface area contributed by atoms with E-state index in [0.29, 0.717) is 29.1 Å². The molecule has 2 heterocycles. The van der Waals surface area contributed by atoms with Gasteiger partial charge in [-0.15, -0.1) is 0 Å². The molecule has 5 N–H and O–H groups in total. The molecule has 2 aliphatic carbocycles. The lowest BCUT2D eigenvalue weighted by Crippen LogP contribution is -2.35. The van der Waals surface area contributed by atoms with Crippen molar-refractivity contribution in [2.75, 3.05) is 10.2 Å². The molecule has 0 saturated carbocycles. The monoisotopic (exact) mass is 620 g/mol. The van der Waals surface area contributed by atoms with Gasteiger partial charge in [-0.1, -0.05) is 118 Å². The van der Waals surface area contributed by atoms with Crippen molar-refractivity contribution in [2.45, 2.75) is 70.3 Å². The summed E-state index contributed by atoms with van der Waals surface area (Å²) in [5, 5.41) is 24.4. The highest BCUT2D eigenvalue weighted by molar-refractivity contribution is 6.11. The van der Waals surface area contributed by atoms with Gasteiger partial charge in [-0.3, -0.25) is 10.3 Å². The molecule has 1 unspecified atom stereocenters. The van der Waals surface area contributed by atoms with Crippen LogP contribution in [0.5, 0.6) is 0 Å². The minimum absolute atomic E-state index is 0.0492. The molecule has 5 nitrogen and oxygen atoms in total. The minimum Gasteiger partial charge on any atom is -0.507 e. The molecular weight excluding hydrogens is 576 g/mol. The summed E-state index contributed by atoms with van der Waals surface area (Å²) < 4.78 is 0. The molecule has 0 fully saturated rings. The van der Waals surface area contributed by atoms with Gasteiger partial charge in [0.15, 0.2) is 0 Å². The Hall–Kier alpha value is -5.03. The SMILES string of the molecule is CC1(C)C2=C(CCC=C2)CC(/C=C\C2=C(N)CC(C=CC(=N)N3c4ccccc4C(C)(C)c4ccccc43)=C2O)Nc2ccccc21. The van der Waals surface area contributed by atoms with E-state index < -0.39 is 0 Å². The topological polar surface area (TPSA) is 85.4 Å². The fourth-order valence-electron chi connectivity index (χ4n) is 7.93. The molecule has 2 aliphatic heterocycles. The van der Waals surface area contributed by atoms with Crippen molar-refractivity contribution in [1.29, 1.82) is 5.41 Å². The molecule has 238 valence electrons. The third-order valence-corrected chi connectivity index (χ3v) is 10.5. The summed E-state index contributed by atoms with van der Waals surface area (Å²) in [7, 11) is 0. The number of aliphatic hydroxyl groups excluding tert-OH is 1. The van der Waals surface area contributed by atoms with Gasteiger partial charge in [0, 0.05) is 45.8 Å². The maximum absolute atomic E-state index is 11.4. The molecule has 1 atom stereocenters. The lowest BCUT2D eigenvalue weighted by Gasteiger charge is -2.41. The highest BCUT2D eigenvalue weighted by atomic mass is 16.3. The van der Waals surface area contributed by atoms with E-state index in [-0.39, 0.29) is 22.6 Å². The normalized spacial score (nSPS) is 21.3. The molecular formula is C42H44N4O. The van der Waals surface area contributed by atoms with Crippen LogP contribution in [0.25, 0.3) is 0 Å². The van der Waals surface area contributed by atoms with Gasteiger partial charge >= 0.3 is 0 Å². The Morgan fingerprint density at radius 3 is 2.23 bits per heavy atom. The van der Waals surface area contributed by atoms with Crippen LogP contribution in [0.4, 0.5) is 17.1 Å². The number of aliphatic hydroxyl groups is 1. The Kier molecular flexibility index (Phi) is 7.59. The maximum Gasteiger partial charge on any atom is 0.129 e. The number of benzene rings is 3. The number of nitrogens with zero attached hydrogens (tertiary/aromatic N) is 1. The van der Waals surface area contributed by atoms with Crippen molar-refractivity contribution >= 4 is 22.9 Å². The number of allylic oxidation sites excluding steroid dienone is 6. The van der Waals surface area contributed by atoms with Crippen molar-refractivity contribution in [3.63, 3.8) is 0 Å². The number of fused-ring (bicyclic) bond motifs is 3. The predicted octanol–water partition coefficient (Wildman–Crippen LogP) is 9.79. The maximum atomic E-state index is 11.4. The number of hydrogen-bond acceptors (Lipinski definition) is 4. The summed E-state index contributed by atoms with van der Waals surface area (Å²) in [6.07, 6.45) is 15.8. The second kappa shape index (κ2) is 11.6. The van der Waals surface area contributed by atoms with Crippen LogP contribution in [-0.2, 0) is 10.8 Å². The minimum atomic E-state index is -0.186. The van der Waals surface area contributed by atoms with E-state index in [1.165, 1.54) is 27.8 Å². The summed E-state index contributed by atoms with van der Waals surface area (Å²) >= 11 is 0. The summed E-state index contributed by atoms with van der Waals surface area (Å²) in [6, 6.07) is 25.3. The van der Waals surface area contributed by atoms with E-state index in [4.69, 9.17) is 5.73 Å². The standard InChI is InChI=1S/C42H44N4O/c1-41(2)31-14-6-5-13-27(31)25-29(45-36-18-10-7-15-32(36)41)22-23-30-35(43)26-28(40(30)47)21-24-39(44)46-37-19-11-8-16-33(37)42(3,4)34-17-9-12-20-38(34)46/h6-12,14-24,29,44-45,47H,5,13,25-26,43H2,1-4H3/b23-22-,24-21?,44-39?. The molecule has 7 rings (SSSR count). The Balaban J connectivity index is 1.16. The zero-order chi connectivity index (χ0) is 32.9. The molecule has 3 aromatic carbocycles. The van der Waals surface area contributed by atoms with Gasteiger partial charge in [0.25, 0.3) is 0 Å². The van der Waals surface area contributed by atoms with Gasteiger partial charge in [0.05, 0.1) is 11.4 Å². The van der Waals surface area contributed by atoms with Crippen LogP contribution >= 0.6 is 0 Å². The first kappa shape index (κ1) is 30.6. The van der Waals surface area contributed by atoms with Crippen LogP contribution in [0.15, 0.2) is 143 Å². The molecule has 5 heteroatoms. The van der Waals surface area contributed by atoms with Crippen LogP contribution in [0.3, 0.4) is 0 Å². The van der Waals surface area contributed by atoms with Crippen molar-refractivity contribution in [2.24, 2.45) is 5.73 Å². The van der Waals surface area contributed by atoms with E-state index in [0.717, 1.165) is 36.3 Å². The molecule has 0 aromatic heterocycles. The second-order valence-corrected chi connectivity index (χ2v) is 14.1. The van der Waals surface area contributed by atoms with Crippen LogP contribution in [0, 0.1) is 5.41 Å². The van der Waals surface area contributed by atoms with E-state index in [2.05, 4.69) is 112 Å². The molecule has 0 radical (unpaired) electrons. The molecule has 0 spiro atoms. The Bertz CT molecular complexity index is 1920. The van der Waals surface area contributed by atoms with E-state index >= 15 is 0 Å².